The third-order valence-electron chi connectivity index (χ3n) is 7.55. The first kappa shape index (κ1) is 29.5. The van der Waals surface area contributed by atoms with Crippen molar-refractivity contribution in [2.75, 3.05) is 32.1 Å². The van der Waals surface area contributed by atoms with E-state index in [4.69, 9.17) is 4.74 Å². The average molecular weight is 581 g/mol. The second kappa shape index (κ2) is 12.9. The molecule has 0 bridgehead atoms. The number of pyridine rings is 1. The van der Waals surface area contributed by atoms with Gasteiger partial charge in [0, 0.05) is 42.2 Å². The summed E-state index contributed by atoms with van der Waals surface area (Å²) < 4.78 is 19.6. The number of halogens is 1. The summed E-state index contributed by atoms with van der Waals surface area (Å²) in [5, 5.41) is 14.9. The largest absolute Gasteiger partial charge is 0.472 e. The molecule has 2 heterocycles. The van der Waals surface area contributed by atoms with Gasteiger partial charge in [-0.15, -0.1) is 0 Å². The summed E-state index contributed by atoms with van der Waals surface area (Å²) >= 11 is 0. The van der Waals surface area contributed by atoms with Crippen molar-refractivity contribution in [2.45, 2.75) is 26.0 Å². The summed E-state index contributed by atoms with van der Waals surface area (Å²) in [6.45, 7) is 4.02. The third-order valence-corrected chi connectivity index (χ3v) is 7.55. The van der Waals surface area contributed by atoms with E-state index in [1.807, 2.05) is 49.4 Å². The second-order valence-corrected chi connectivity index (χ2v) is 10.8. The van der Waals surface area contributed by atoms with E-state index in [-0.39, 0.29) is 48.3 Å². The van der Waals surface area contributed by atoms with Gasteiger partial charge in [-0.25, -0.2) is 14.2 Å². The lowest BCUT2D eigenvalue weighted by Crippen LogP contribution is -2.50. The first-order valence-electron chi connectivity index (χ1n) is 14.1. The summed E-state index contributed by atoms with van der Waals surface area (Å²) in [6, 6.07) is 20.2. The van der Waals surface area contributed by atoms with Crippen LogP contribution in [-0.4, -0.2) is 70.7 Å². The van der Waals surface area contributed by atoms with Crippen molar-refractivity contribution in [3.8, 4) is 17.7 Å². The van der Waals surface area contributed by atoms with Crippen molar-refractivity contribution in [3.63, 3.8) is 0 Å². The number of fused-ring (bicyclic) bond motifs is 2. The summed E-state index contributed by atoms with van der Waals surface area (Å²) in [5.41, 5.74) is 2.01. The lowest BCUT2D eigenvalue weighted by Gasteiger charge is -2.37. The van der Waals surface area contributed by atoms with E-state index in [1.54, 1.807) is 42.0 Å². The van der Waals surface area contributed by atoms with Crippen LogP contribution in [0.15, 0.2) is 79.0 Å². The fraction of sp³-hybridized carbons (Fsp3) is 0.265. The fourth-order valence-electron chi connectivity index (χ4n) is 4.96. The number of aliphatic hydroxyl groups is 1. The topological polar surface area (TPSA) is 95.0 Å². The molecule has 43 heavy (non-hydrogen) atoms. The van der Waals surface area contributed by atoms with Gasteiger partial charge >= 0.3 is 6.03 Å². The number of amides is 3. The smallest absolute Gasteiger partial charge is 0.321 e. The number of benzene rings is 3. The van der Waals surface area contributed by atoms with E-state index >= 15 is 0 Å². The van der Waals surface area contributed by atoms with Crippen molar-refractivity contribution in [1.29, 1.82) is 0 Å². The van der Waals surface area contributed by atoms with Crippen LogP contribution in [0.2, 0.25) is 0 Å². The minimum atomic E-state index is -0.507. The third kappa shape index (κ3) is 6.76. The molecule has 2 N–H and O–H groups in total. The number of anilines is 1. The van der Waals surface area contributed by atoms with Crippen LogP contribution in [-0.2, 0) is 0 Å². The van der Waals surface area contributed by atoms with Gasteiger partial charge in [-0.3, -0.25) is 4.79 Å². The Morgan fingerprint density at radius 1 is 1.14 bits per heavy atom. The van der Waals surface area contributed by atoms with Crippen molar-refractivity contribution >= 4 is 28.4 Å². The lowest BCUT2D eigenvalue weighted by molar-refractivity contribution is 0.0356. The number of nitrogens with one attached hydrogen (secondary N) is 1. The van der Waals surface area contributed by atoms with Gasteiger partial charge in [0.15, 0.2) is 0 Å². The summed E-state index contributed by atoms with van der Waals surface area (Å²) in [5.74, 6) is 5.18. The highest BCUT2D eigenvalue weighted by atomic mass is 19.1. The molecule has 4 aromatic rings. The minimum absolute atomic E-state index is 0.131. The highest BCUT2D eigenvalue weighted by molar-refractivity contribution is 6.01. The monoisotopic (exact) mass is 580 g/mol. The lowest BCUT2D eigenvalue weighted by atomic mass is 10.00. The molecule has 0 radical (unpaired) electrons. The maximum atomic E-state index is 13.7. The highest BCUT2D eigenvalue weighted by Gasteiger charge is 2.34. The van der Waals surface area contributed by atoms with Gasteiger partial charge in [0.1, 0.15) is 17.5 Å². The molecule has 0 spiro atoms. The van der Waals surface area contributed by atoms with Crippen molar-refractivity contribution in [2.24, 2.45) is 5.92 Å². The zero-order valence-electron chi connectivity index (χ0n) is 24.3. The molecular weight excluding hydrogens is 547 g/mol. The Balaban J connectivity index is 1.40. The Hall–Kier alpha value is -4.94. The molecule has 0 fully saturated rings. The van der Waals surface area contributed by atoms with Crippen LogP contribution in [0.5, 0.6) is 5.88 Å². The van der Waals surface area contributed by atoms with E-state index in [0.29, 0.717) is 23.4 Å². The number of hydrogen-bond donors (Lipinski definition) is 2. The van der Waals surface area contributed by atoms with Crippen LogP contribution in [0.1, 0.15) is 35.3 Å². The summed E-state index contributed by atoms with van der Waals surface area (Å²) in [6.07, 6.45) is 1.01. The first-order chi connectivity index (χ1) is 20.7. The number of carbonyl (C=O) groups is 2. The van der Waals surface area contributed by atoms with E-state index in [9.17, 15) is 19.1 Å². The molecule has 9 heteroatoms. The molecule has 1 aromatic heterocycles. The van der Waals surface area contributed by atoms with Crippen molar-refractivity contribution in [3.05, 3.63) is 102 Å². The summed E-state index contributed by atoms with van der Waals surface area (Å²) in [4.78, 5) is 34.5. The zero-order valence-corrected chi connectivity index (χ0v) is 24.3. The molecule has 1 aliphatic heterocycles. The van der Waals surface area contributed by atoms with Gasteiger partial charge < -0.3 is 25.0 Å². The minimum Gasteiger partial charge on any atom is -0.472 e. The van der Waals surface area contributed by atoms with Gasteiger partial charge in [-0.2, -0.15) is 0 Å². The number of carbonyl (C=O) groups excluding carboxylic acids is 2. The Morgan fingerprint density at radius 3 is 2.63 bits per heavy atom. The molecule has 0 saturated carbocycles. The molecule has 3 amide bonds. The number of rotatable bonds is 5. The Bertz CT molecular complexity index is 1690. The van der Waals surface area contributed by atoms with E-state index in [0.717, 1.165) is 10.8 Å². The van der Waals surface area contributed by atoms with E-state index < -0.39 is 12.1 Å². The van der Waals surface area contributed by atoms with Crippen molar-refractivity contribution < 1.29 is 23.8 Å². The first-order valence-corrected chi connectivity index (χ1v) is 14.1. The normalized spacial score (nSPS) is 17.0. The predicted octanol–water partition coefficient (Wildman–Crippen LogP) is 5.16. The fourth-order valence-corrected chi connectivity index (χ4v) is 4.96. The maximum absolute atomic E-state index is 13.7. The molecule has 0 aliphatic carbocycles. The van der Waals surface area contributed by atoms with Gasteiger partial charge in [0.25, 0.3) is 5.91 Å². The van der Waals surface area contributed by atoms with Crippen molar-refractivity contribution in [1.82, 2.24) is 14.8 Å². The molecular formula is C34H33FN4O4. The molecule has 8 nitrogen and oxygen atoms in total. The number of aliphatic hydroxyl groups excluding tert-OH is 1. The van der Waals surface area contributed by atoms with E-state index in [1.165, 1.54) is 18.3 Å². The van der Waals surface area contributed by atoms with Gasteiger partial charge in [0.2, 0.25) is 5.88 Å². The number of likely N-dealkylation sites (N-methyl/N-ethyl adjacent to an activating group) is 1. The maximum Gasteiger partial charge on any atom is 0.321 e. The molecule has 0 unspecified atom stereocenters. The van der Waals surface area contributed by atoms with Crippen LogP contribution < -0.4 is 10.1 Å². The second-order valence-electron chi connectivity index (χ2n) is 10.8. The van der Waals surface area contributed by atoms with Gasteiger partial charge in [0.05, 0.1) is 24.9 Å². The van der Waals surface area contributed by atoms with Crippen LogP contribution in [0.4, 0.5) is 14.9 Å². The van der Waals surface area contributed by atoms with Crippen LogP contribution >= 0.6 is 0 Å². The van der Waals surface area contributed by atoms with Gasteiger partial charge in [-0.1, -0.05) is 55.2 Å². The molecule has 3 atom stereocenters. The standard InChI is InChI=1S/C34H33FN4O4/c1-22-19-39(23(2)21-40)33(41)29-17-25(12-11-24-13-15-27(35)16-14-24)18-36-32(29)43-31(22)20-38(3)34(42)37-30-10-6-8-26-7-4-5-9-28(26)30/h4-10,13-18,22-23,31,40H,19-21H2,1-3H3,(H,37,42)/t22-,23+,31-/m0/s1. The predicted molar refractivity (Wildman–Crippen MR) is 163 cm³/mol. The molecule has 5 rings (SSSR count). The molecule has 1 aliphatic rings. The van der Waals surface area contributed by atoms with Crippen LogP contribution in [0.3, 0.4) is 0 Å². The summed E-state index contributed by atoms with van der Waals surface area (Å²) in [7, 11) is 1.69. The molecule has 220 valence electrons. The quantitative estimate of drug-likeness (QED) is 0.318. The average Bonchev–Trinajstić information content (AvgIpc) is 3.02. The number of aromatic nitrogens is 1. The number of hydrogen-bond acceptors (Lipinski definition) is 5. The van der Waals surface area contributed by atoms with E-state index in [2.05, 4.69) is 22.1 Å². The molecule has 0 saturated heterocycles. The molecule has 3 aromatic carbocycles. The number of ether oxygens (including phenoxy) is 1. The van der Waals surface area contributed by atoms with Crippen LogP contribution in [0, 0.1) is 23.6 Å². The zero-order chi connectivity index (χ0) is 30.5. The Kier molecular flexibility index (Phi) is 8.88. The van der Waals surface area contributed by atoms with Crippen LogP contribution in [0.25, 0.3) is 10.8 Å². The Labute approximate surface area is 250 Å². The Morgan fingerprint density at radius 2 is 1.86 bits per heavy atom. The highest BCUT2D eigenvalue weighted by Crippen LogP contribution is 2.28. The van der Waals surface area contributed by atoms with Gasteiger partial charge in [-0.05, 0) is 48.7 Å². The number of urea groups is 1. The SMILES string of the molecule is C[C@H](CO)N1C[C@H](C)[C@H](CN(C)C(=O)Nc2cccc3ccccc23)Oc2ncc(C#Cc3ccc(F)cc3)cc2C1=O. The number of nitrogens with zero attached hydrogens (tertiary/aromatic N) is 3.